The lowest BCUT2D eigenvalue weighted by Gasteiger charge is -2.14. The fraction of sp³-hybridized carbons (Fsp3) is 0.533. The highest BCUT2D eigenvalue weighted by Gasteiger charge is 2.10. The predicted octanol–water partition coefficient (Wildman–Crippen LogP) is 3.63. The lowest BCUT2D eigenvalue weighted by atomic mass is 10.2. The number of aryl methyl sites for hydroxylation is 1. The largest absolute Gasteiger partial charge is 0.370 e. The van der Waals surface area contributed by atoms with Gasteiger partial charge in [-0.15, -0.1) is 11.3 Å². The number of hydrogen-bond donors (Lipinski definition) is 2. The highest BCUT2D eigenvalue weighted by atomic mass is 32.1. The van der Waals surface area contributed by atoms with Crippen LogP contribution < -0.4 is 10.6 Å². The highest BCUT2D eigenvalue weighted by molar-refractivity contribution is 7.07. The van der Waals surface area contributed by atoms with Gasteiger partial charge in [0.2, 0.25) is 0 Å². The van der Waals surface area contributed by atoms with Crippen molar-refractivity contribution in [1.82, 2.24) is 15.0 Å². The summed E-state index contributed by atoms with van der Waals surface area (Å²) >= 11 is 1.61. The minimum Gasteiger partial charge on any atom is -0.370 e. The predicted molar refractivity (Wildman–Crippen MR) is 89.0 cm³/mol. The summed E-state index contributed by atoms with van der Waals surface area (Å²) in [5.41, 5.74) is 3.96. The van der Waals surface area contributed by atoms with Crippen molar-refractivity contribution in [1.29, 1.82) is 0 Å². The van der Waals surface area contributed by atoms with E-state index in [1.807, 2.05) is 10.9 Å². The summed E-state index contributed by atoms with van der Waals surface area (Å²) in [4.78, 5) is 13.6. The second-order valence-corrected chi connectivity index (χ2v) is 5.69. The Bertz CT molecular complexity index is 553. The van der Waals surface area contributed by atoms with E-state index in [1.54, 1.807) is 11.3 Å². The zero-order valence-corrected chi connectivity index (χ0v) is 13.8. The van der Waals surface area contributed by atoms with Gasteiger partial charge in [-0.25, -0.2) is 15.0 Å². The van der Waals surface area contributed by atoms with Crippen molar-refractivity contribution in [3.63, 3.8) is 0 Å². The Labute approximate surface area is 130 Å². The number of nitrogens with one attached hydrogen (secondary N) is 2. The topological polar surface area (TPSA) is 62.7 Å². The van der Waals surface area contributed by atoms with Crippen LogP contribution in [0.5, 0.6) is 0 Å². The molecule has 0 aliphatic carbocycles. The molecule has 5 nitrogen and oxygen atoms in total. The Morgan fingerprint density at radius 3 is 2.48 bits per heavy atom. The molecule has 0 amide bonds. The third kappa shape index (κ3) is 4.39. The molecule has 6 heteroatoms. The van der Waals surface area contributed by atoms with E-state index in [2.05, 4.69) is 46.4 Å². The first kappa shape index (κ1) is 15.7. The first-order valence-electron chi connectivity index (χ1n) is 7.46. The van der Waals surface area contributed by atoms with Crippen LogP contribution >= 0.6 is 11.3 Å². The summed E-state index contributed by atoms with van der Waals surface area (Å²) in [6.07, 6.45) is 3.02. The van der Waals surface area contributed by atoms with Crippen LogP contribution in [0.3, 0.4) is 0 Å². The smallest absolute Gasteiger partial charge is 0.135 e. The van der Waals surface area contributed by atoms with Crippen molar-refractivity contribution in [3.05, 3.63) is 28.0 Å². The average molecular weight is 305 g/mol. The summed E-state index contributed by atoms with van der Waals surface area (Å²) in [5, 5.41) is 8.82. The average Bonchev–Trinajstić information content (AvgIpc) is 2.99. The molecular formula is C15H23N5S. The minimum atomic E-state index is 0.695. The third-order valence-corrected chi connectivity index (χ3v) is 3.76. The lowest BCUT2D eigenvalue weighted by molar-refractivity contribution is 0.826. The van der Waals surface area contributed by atoms with Gasteiger partial charge >= 0.3 is 0 Å². The molecule has 2 aromatic rings. The SMILES string of the molecule is CCCNc1nc(CCC)nc(NCc2cscn2)c1C. The van der Waals surface area contributed by atoms with E-state index in [0.29, 0.717) is 6.54 Å². The van der Waals surface area contributed by atoms with E-state index in [0.717, 1.165) is 54.5 Å². The molecule has 0 fully saturated rings. The third-order valence-electron chi connectivity index (χ3n) is 3.13. The van der Waals surface area contributed by atoms with E-state index in [4.69, 9.17) is 0 Å². The van der Waals surface area contributed by atoms with Crippen LogP contribution in [0.1, 0.15) is 43.8 Å². The van der Waals surface area contributed by atoms with Gasteiger partial charge in [-0.2, -0.15) is 0 Å². The second kappa shape index (κ2) is 7.93. The summed E-state index contributed by atoms with van der Waals surface area (Å²) < 4.78 is 0. The van der Waals surface area contributed by atoms with Gasteiger partial charge in [0.1, 0.15) is 17.5 Å². The van der Waals surface area contributed by atoms with Crippen molar-refractivity contribution >= 4 is 23.0 Å². The Balaban J connectivity index is 2.18. The van der Waals surface area contributed by atoms with Crippen molar-refractivity contribution in [2.24, 2.45) is 0 Å². The van der Waals surface area contributed by atoms with Gasteiger partial charge < -0.3 is 10.6 Å². The molecule has 0 radical (unpaired) electrons. The number of hydrogen-bond acceptors (Lipinski definition) is 6. The first-order valence-corrected chi connectivity index (χ1v) is 8.41. The zero-order chi connectivity index (χ0) is 15.1. The molecule has 0 aliphatic heterocycles. The van der Waals surface area contributed by atoms with Crippen molar-refractivity contribution < 1.29 is 0 Å². The molecule has 0 saturated carbocycles. The van der Waals surface area contributed by atoms with E-state index < -0.39 is 0 Å². The van der Waals surface area contributed by atoms with Gasteiger partial charge in [-0.1, -0.05) is 13.8 Å². The molecule has 0 aromatic carbocycles. The van der Waals surface area contributed by atoms with Crippen molar-refractivity contribution in [2.75, 3.05) is 17.2 Å². The van der Waals surface area contributed by atoms with E-state index >= 15 is 0 Å². The Morgan fingerprint density at radius 2 is 1.86 bits per heavy atom. The van der Waals surface area contributed by atoms with Crippen LogP contribution in [0.15, 0.2) is 10.9 Å². The molecule has 0 spiro atoms. The number of nitrogens with zero attached hydrogens (tertiary/aromatic N) is 3. The van der Waals surface area contributed by atoms with Crippen LogP contribution in [0.25, 0.3) is 0 Å². The van der Waals surface area contributed by atoms with E-state index in [-0.39, 0.29) is 0 Å². The van der Waals surface area contributed by atoms with E-state index in [9.17, 15) is 0 Å². The van der Waals surface area contributed by atoms with Gasteiger partial charge in [-0.05, 0) is 19.8 Å². The molecule has 0 aliphatic rings. The summed E-state index contributed by atoms with van der Waals surface area (Å²) in [6.45, 7) is 7.97. The Hall–Kier alpha value is -1.69. The molecule has 0 atom stereocenters. The van der Waals surface area contributed by atoms with Crippen molar-refractivity contribution in [2.45, 2.75) is 46.6 Å². The number of aromatic nitrogens is 3. The van der Waals surface area contributed by atoms with Gasteiger partial charge in [0.05, 0.1) is 17.7 Å². The molecule has 2 aromatic heterocycles. The van der Waals surface area contributed by atoms with Gasteiger partial charge in [0.25, 0.3) is 0 Å². The fourth-order valence-corrected chi connectivity index (χ4v) is 2.54. The van der Waals surface area contributed by atoms with Gasteiger partial charge in [0.15, 0.2) is 0 Å². The minimum absolute atomic E-state index is 0.695. The van der Waals surface area contributed by atoms with Crippen molar-refractivity contribution in [3.8, 4) is 0 Å². The molecule has 0 bridgehead atoms. The summed E-state index contributed by atoms with van der Waals surface area (Å²) in [6, 6.07) is 0. The van der Waals surface area contributed by atoms with Gasteiger partial charge in [0, 0.05) is 23.9 Å². The second-order valence-electron chi connectivity index (χ2n) is 4.97. The van der Waals surface area contributed by atoms with Crippen LogP contribution in [0.2, 0.25) is 0 Å². The van der Waals surface area contributed by atoms with Crippen LogP contribution in [0.4, 0.5) is 11.6 Å². The van der Waals surface area contributed by atoms with E-state index in [1.165, 1.54) is 0 Å². The maximum absolute atomic E-state index is 4.64. The van der Waals surface area contributed by atoms with Crippen LogP contribution in [0, 0.1) is 6.92 Å². The highest BCUT2D eigenvalue weighted by Crippen LogP contribution is 2.21. The van der Waals surface area contributed by atoms with Gasteiger partial charge in [-0.3, -0.25) is 0 Å². The normalized spacial score (nSPS) is 10.6. The molecule has 0 unspecified atom stereocenters. The molecule has 114 valence electrons. The molecule has 0 saturated heterocycles. The molecular weight excluding hydrogens is 282 g/mol. The van der Waals surface area contributed by atoms with Crippen LogP contribution in [-0.2, 0) is 13.0 Å². The first-order chi connectivity index (χ1) is 10.2. The lowest BCUT2D eigenvalue weighted by Crippen LogP contribution is -2.12. The Morgan fingerprint density at radius 1 is 1.10 bits per heavy atom. The Kier molecular flexibility index (Phi) is 5.92. The van der Waals surface area contributed by atoms with Crippen LogP contribution in [-0.4, -0.2) is 21.5 Å². The molecule has 2 heterocycles. The summed E-state index contributed by atoms with van der Waals surface area (Å²) in [7, 11) is 0. The number of anilines is 2. The molecule has 21 heavy (non-hydrogen) atoms. The number of thiazole rings is 1. The zero-order valence-electron chi connectivity index (χ0n) is 12.9. The monoisotopic (exact) mass is 305 g/mol. The maximum atomic E-state index is 4.64. The fourth-order valence-electron chi connectivity index (χ4n) is 1.99. The maximum Gasteiger partial charge on any atom is 0.135 e. The standard InChI is InChI=1S/C15H23N5S/c1-4-6-13-19-14(16-7-5-2)11(3)15(20-13)17-8-12-9-21-10-18-12/h9-10H,4-8H2,1-3H3,(H2,16,17,19,20). The number of rotatable bonds is 8. The molecule has 2 rings (SSSR count). The molecule has 2 N–H and O–H groups in total. The quantitative estimate of drug-likeness (QED) is 0.780. The summed E-state index contributed by atoms with van der Waals surface area (Å²) in [5.74, 6) is 2.73.